The molecule has 0 aliphatic carbocycles. The number of aryl methyl sites for hydroxylation is 1. The van der Waals surface area contributed by atoms with Crippen molar-refractivity contribution in [2.45, 2.75) is 6.92 Å². The fraction of sp³-hybridized carbons (Fsp3) is 0.154. The van der Waals surface area contributed by atoms with E-state index in [2.05, 4.69) is 9.72 Å². The normalized spacial score (nSPS) is 9.95. The lowest BCUT2D eigenvalue weighted by atomic mass is 10.2. The molecule has 0 radical (unpaired) electrons. The minimum Gasteiger partial charge on any atom is -0.464 e. The van der Waals surface area contributed by atoms with Crippen LogP contribution < -0.4 is 5.73 Å². The second-order valence-electron chi connectivity index (χ2n) is 3.88. The lowest BCUT2D eigenvalue weighted by Gasteiger charge is -2.07. The van der Waals surface area contributed by atoms with Gasteiger partial charge in [0.25, 0.3) is 0 Å². The maximum Gasteiger partial charge on any atom is 0.360 e. The summed E-state index contributed by atoms with van der Waals surface area (Å²) in [7, 11) is 1.28. The van der Waals surface area contributed by atoms with Crippen molar-refractivity contribution in [1.29, 1.82) is 5.26 Å². The Labute approximate surface area is 110 Å². The fourth-order valence-electron chi connectivity index (χ4n) is 1.81. The minimum atomic E-state index is -0.576. The molecule has 1 heterocycles. The van der Waals surface area contributed by atoms with E-state index in [1.54, 1.807) is 35.8 Å². The molecule has 0 fully saturated rings. The van der Waals surface area contributed by atoms with Crippen LogP contribution in [0.5, 0.6) is 0 Å². The molecule has 0 saturated carbocycles. The maximum atomic E-state index is 11.5. The van der Waals surface area contributed by atoms with Crippen molar-refractivity contribution in [1.82, 2.24) is 9.55 Å². The van der Waals surface area contributed by atoms with Crippen LogP contribution >= 0.6 is 0 Å². The van der Waals surface area contributed by atoms with Gasteiger partial charge in [0.1, 0.15) is 11.6 Å². The quantitative estimate of drug-likeness (QED) is 0.820. The molecule has 1 aromatic heterocycles. The molecular formula is C13H12N4O2. The Morgan fingerprint density at radius 1 is 1.42 bits per heavy atom. The standard InChI is InChI=1S/C13H12N4O2/c1-8-16-11(13(18)19-2)12(15)17(8)10-5-3-9(7-14)4-6-10/h3-6H,15H2,1-2H3. The molecule has 0 spiro atoms. The Bertz CT molecular complexity index is 665. The minimum absolute atomic E-state index is 0.0874. The first-order chi connectivity index (χ1) is 9.08. The summed E-state index contributed by atoms with van der Waals surface area (Å²) in [5.41, 5.74) is 7.29. The Morgan fingerprint density at radius 3 is 2.58 bits per heavy atom. The fourth-order valence-corrected chi connectivity index (χ4v) is 1.81. The molecular weight excluding hydrogens is 244 g/mol. The molecule has 2 aromatic rings. The highest BCUT2D eigenvalue weighted by molar-refractivity contribution is 5.92. The Kier molecular flexibility index (Phi) is 3.21. The van der Waals surface area contributed by atoms with Gasteiger partial charge in [-0.15, -0.1) is 0 Å². The number of nitrogens with zero attached hydrogens (tertiary/aromatic N) is 3. The summed E-state index contributed by atoms with van der Waals surface area (Å²) in [5.74, 6) is 0.213. The molecule has 0 atom stereocenters. The Morgan fingerprint density at radius 2 is 2.05 bits per heavy atom. The summed E-state index contributed by atoms with van der Waals surface area (Å²) in [6.07, 6.45) is 0. The van der Waals surface area contributed by atoms with E-state index in [4.69, 9.17) is 11.0 Å². The van der Waals surface area contributed by atoms with E-state index < -0.39 is 5.97 Å². The monoisotopic (exact) mass is 256 g/mol. The highest BCUT2D eigenvalue weighted by Gasteiger charge is 2.19. The first kappa shape index (κ1) is 12.6. The number of ether oxygens (including phenoxy) is 1. The van der Waals surface area contributed by atoms with Gasteiger partial charge in [-0.25, -0.2) is 9.78 Å². The number of nitrogen functional groups attached to an aromatic ring is 1. The third kappa shape index (κ3) is 2.13. The van der Waals surface area contributed by atoms with Gasteiger partial charge in [0, 0.05) is 5.69 Å². The number of aromatic nitrogens is 2. The van der Waals surface area contributed by atoms with E-state index in [-0.39, 0.29) is 11.5 Å². The lowest BCUT2D eigenvalue weighted by molar-refractivity contribution is 0.0596. The number of imidazole rings is 1. The number of anilines is 1. The highest BCUT2D eigenvalue weighted by Crippen LogP contribution is 2.21. The van der Waals surface area contributed by atoms with E-state index in [9.17, 15) is 4.79 Å². The van der Waals surface area contributed by atoms with Crippen LogP contribution in [0.15, 0.2) is 24.3 Å². The van der Waals surface area contributed by atoms with Crippen LogP contribution in [0.4, 0.5) is 5.82 Å². The second-order valence-corrected chi connectivity index (χ2v) is 3.88. The summed E-state index contributed by atoms with van der Waals surface area (Å²) >= 11 is 0. The molecule has 96 valence electrons. The van der Waals surface area contributed by atoms with Crippen molar-refractivity contribution >= 4 is 11.8 Å². The van der Waals surface area contributed by atoms with Gasteiger partial charge in [-0.1, -0.05) is 0 Å². The number of nitrogens with two attached hydrogens (primary N) is 1. The summed E-state index contributed by atoms with van der Waals surface area (Å²) in [6, 6.07) is 8.86. The van der Waals surface area contributed by atoms with Crippen molar-refractivity contribution < 1.29 is 9.53 Å². The first-order valence-electron chi connectivity index (χ1n) is 5.52. The van der Waals surface area contributed by atoms with Crippen molar-refractivity contribution in [3.05, 3.63) is 41.3 Å². The van der Waals surface area contributed by atoms with Crippen LogP contribution in [0.25, 0.3) is 5.69 Å². The predicted molar refractivity (Wildman–Crippen MR) is 68.8 cm³/mol. The van der Waals surface area contributed by atoms with Crippen molar-refractivity contribution in [3.63, 3.8) is 0 Å². The van der Waals surface area contributed by atoms with Gasteiger partial charge in [0.05, 0.1) is 18.7 Å². The molecule has 0 bridgehead atoms. The summed E-state index contributed by atoms with van der Waals surface area (Å²) in [6.45, 7) is 1.74. The molecule has 19 heavy (non-hydrogen) atoms. The Balaban J connectivity index is 2.53. The number of hydrogen-bond acceptors (Lipinski definition) is 5. The molecule has 6 heteroatoms. The van der Waals surface area contributed by atoms with Crippen LogP contribution in [-0.4, -0.2) is 22.6 Å². The number of benzene rings is 1. The zero-order valence-electron chi connectivity index (χ0n) is 10.5. The largest absolute Gasteiger partial charge is 0.464 e. The zero-order chi connectivity index (χ0) is 14.0. The van der Waals surface area contributed by atoms with Crippen molar-refractivity contribution in [2.75, 3.05) is 12.8 Å². The van der Waals surface area contributed by atoms with Gasteiger partial charge in [-0.3, -0.25) is 4.57 Å². The number of hydrogen-bond donors (Lipinski definition) is 1. The van der Waals surface area contributed by atoms with E-state index in [1.807, 2.05) is 6.07 Å². The van der Waals surface area contributed by atoms with Crippen LogP contribution in [0.3, 0.4) is 0 Å². The van der Waals surface area contributed by atoms with Crippen LogP contribution in [0, 0.1) is 18.3 Å². The van der Waals surface area contributed by atoms with E-state index in [0.717, 1.165) is 5.69 Å². The molecule has 2 N–H and O–H groups in total. The van der Waals surface area contributed by atoms with Gasteiger partial charge in [-0.05, 0) is 31.2 Å². The van der Waals surface area contributed by atoms with Gasteiger partial charge in [0.15, 0.2) is 5.69 Å². The molecule has 0 aliphatic rings. The molecule has 1 aromatic carbocycles. The summed E-state index contributed by atoms with van der Waals surface area (Å²) in [5, 5.41) is 8.76. The highest BCUT2D eigenvalue weighted by atomic mass is 16.5. The average molecular weight is 256 g/mol. The van der Waals surface area contributed by atoms with Crippen molar-refractivity contribution in [2.24, 2.45) is 0 Å². The lowest BCUT2D eigenvalue weighted by Crippen LogP contribution is -2.07. The van der Waals surface area contributed by atoms with Crippen LogP contribution in [0.2, 0.25) is 0 Å². The molecule has 2 rings (SSSR count). The smallest absolute Gasteiger partial charge is 0.360 e. The second kappa shape index (κ2) is 4.82. The maximum absolute atomic E-state index is 11.5. The molecule has 0 amide bonds. The number of carbonyl (C=O) groups is 1. The topological polar surface area (TPSA) is 93.9 Å². The molecule has 0 unspecified atom stereocenters. The SMILES string of the molecule is COC(=O)c1nc(C)n(-c2ccc(C#N)cc2)c1N. The van der Waals surface area contributed by atoms with Gasteiger partial charge < -0.3 is 10.5 Å². The van der Waals surface area contributed by atoms with E-state index >= 15 is 0 Å². The first-order valence-corrected chi connectivity index (χ1v) is 5.52. The number of carbonyl (C=O) groups excluding carboxylic acids is 1. The van der Waals surface area contributed by atoms with Crippen LogP contribution in [-0.2, 0) is 4.74 Å². The van der Waals surface area contributed by atoms with Crippen molar-refractivity contribution in [3.8, 4) is 11.8 Å². The number of methoxy groups -OCH3 is 1. The van der Waals surface area contributed by atoms with Gasteiger partial charge in [-0.2, -0.15) is 5.26 Å². The molecule has 0 aliphatic heterocycles. The average Bonchev–Trinajstić information content (AvgIpc) is 2.73. The summed E-state index contributed by atoms with van der Waals surface area (Å²) < 4.78 is 6.25. The number of nitriles is 1. The Hall–Kier alpha value is -2.81. The number of rotatable bonds is 2. The third-order valence-electron chi connectivity index (χ3n) is 2.71. The summed E-state index contributed by atoms with van der Waals surface area (Å²) in [4.78, 5) is 15.6. The third-order valence-corrected chi connectivity index (χ3v) is 2.71. The van der Waals surface area contributed by atoms with Gasteiger partial charge in [0.2, 0.25) is 0 Å². The van der Waals surface area contributed by atoms with Gasteiger partial charge >= 0.3 is 5.97 Å². The van der Waals surface area contributed by atoms with E-state index in [1.165, 1.54) is 7.11 Å². The predicted octanol–water partition coefficient (Wildman–Crippen LogP) is 1.42. The van der Waals surface area contributed by atoms with E-state index in [0.29, 0.717) is 11.4 Å². The van der Waals surface area contributed by atoms with Crippen LogP contribution in [0.1, 0.15) is 21.9 Å². The number of esters is 1. The zero-order valence-corrected chi connectivity index (χ0v) is 10.5. The molecule has 0 saturated heterocycles. The molecule has 6 nitrogen and oxygen atoms in total.